The largest absolute Gasteiger partial charge is 0.381 e. The van der Waals surface area contributed by atoms with Crippen LogP contribution in [-0.2, 0) is 4.74 Å². The van der Waals surface area contributed by atoms with Crippen molar-refractivity contribution >= 4 is 0 Å². The van der Waals surface area contributed by atoms with Gasteiger partial charge in [0.25, 0.3) is 0 Å². The van der Waals surface area contributed by atoms with E-state index in [2.05, 4.69) is 10.2 Å². The summed E-state index contributed by atoms with van der Waals surface area (Å²) < 4.78 is 5.63. The van der Waals surface area contributed by atoms with E-state index in [0.717, 1.165) is 18.1 Å². The SMILES string of the molecule is COC1CCCC(N2CCCCC2C2CCCN2)C1. The Balaban J connectivity index is 1.65. The van der Waals surface area contributed by atoms with Crippen molar-refractivity contribution in [2.45, 2.75) is 82.0 Å². The molecule has 1 saturated carbocycles. The quantitative estimate of drug-likeness (QED) is 0.849. The maximum Gasteiger partial charge on any atom is 0.0586 e. The van der Waals surface area contributed by atoms with Crippen LogP contribution in [0.5, 0.6) is 0 Å². The molecule has 3 fully saturated rings. The number of hydrogen-bond acceptors (Lipinski definition) is 3. The average Bonchev–Trinajstić information content (AvgIpc) is 3.01. The zero-order valence-electron chi connectivity index (χ0n) is 12.4. The lowest BCUT2D eigenvalue weighted by Gasteiger charge is -2.46. The fraction of sp³-hybridized carbons (Fsp3) is 1.00. The molecule has 4 atom stereocenters. The highest BCUT2D eigenvalue weighted by Crippen LogP contribution is 2.32. The summed E-state index contributed by atoms with van der Waals surface area (Å²) in [4.78, 5) is 2.86. The lowest BCUT2D eigenvalue weighted by molar-refractivity contribution is -0.00293. The van der Waals surface area contributed by atoms with Crippen molar-refractivity contribution in [2.24, 2.45) is 0 Å². The summed E-state index contributed by atoms with van der Waals surface area (Å²) in [7, 11) is 1.89. The van der Waals surface area contributed by atoms with E-state index >= 15 is 0 Å². The number of methoxy groups -OCH3 is 1. The first kappa shape index (κ1) is 13.8. The van der Waals surface area contributed by atoms with Gasteiger partial charge in [-0.3, -0.25) is 4.90 Å². The Morgan fingerprint density at radius 1 is 1.00 bits per heavy atom. The van der Waals surface area contributed by atoms with E-state index in [1.807, 2.05) is 7.11 Å². The Hall–Kier alpha value is -0.120. The predicted molar refractivity (Wildman–Crippen MR) is 78.4 cm³/mol. The van der Waals surface area contributed by atoms with E-state index in [1.165, 1.54) is 70.9 Å². The molecule has 1 aliphatic carbocycles. The number of nitrogens with one attached hydrogen (secondary N) is 1. The summed E-state index contributed by atoms with van der Waals surface area (Å²) in [5, 5.41) is 3.75. The molecule has 0 aromatic rings. The van der Waals surface area contributed by atoms with Crippen molar-refractivity contribution in [1.82, 2.24) is 10.2 Å². The zero-order valence-corrected chi connectivity index (χ0v) is 12.4. The Morgan fingerprint density at radius 3 is 2.74 bits per heavy atom. The van der Waals surface area contributed by atoms with Crippen LogP contribution in [-0.4, -0.2) is 49.3 Å². The zero-order chi connectivity index (χ0) is 13.1. The maximum atomic E-state index is 5.63. The summed E-state index contributed by atoms with van der Waals surface area (Å²) in [5.74, 6) is 0. The van der Waals surface area contributed by atoms with Crippen LogP contribution < -0.4 is 5.32 Å². The van der Waals surface area contributed by atoms with E-state index in [1.54, 1.807) is 0 Å². The van der Waals surface area contributed by atoms with Gasteiger partial charge < -0.3 is 10.1 Å². The summed E-state index contributed by atoms with van der Waals surface area (Å²) >= 11 is 0. The van der Waals surface area contributed by atoms with Gasteiger partial charge in [0.1, 0.15) is 0 Å². The highest BCUT2D eigenvalue weighted by atomic mass is 16.5. The molecule has 19 heavy (non-hydrogen) atoms. The molecule has 0 aromatic heterocycles. The first-order valence-corrected chi connectivity index (χ1v) is 8.40. The van der Waals surface area contributed by atoms with Crippen LogP contribution >= 0.6 is 0 Å². The van der Waals surface area contributed by atoms with Gasteiger partial charge in [-0.1, -0.05) is 6.42 Å². The standard InChI is InChI=1S/C16H30N2O/c1-19-14-7-4-6-13(12-14)18-11-3-2-9-16(18)15-8-5-10-17-15/h13-17H,2-12H2,1H3. The van der Waals surface area contributed by atoms with E-state index < -0.39 is 0 Å². The lowest BCUT2D eigenvalue weighted by Crippen LogP contribution is -2.55. The molecule has 4 unspecified atom stereocenters. The molecule has 0 spiro atoms. The number of likely N-dealkylation sites (tertiary alicyclic amines) is 1. The fourth-order valence-corrected chi connectivity index (χ4v) is 4.54. The van der Waals surface area contributed by atoms with Crippen molar-refractivity contribution in [2.75, 3.05) is 20.2 Å². The minimum atomic E-state index is 0.512. The molecule has 1 N–H and O–H groups in total. The van der Waals surface area contributed by atoms with Gasteiger partial charge in [-0.15, -0.1) is 0 Å². The summed E-state index contributed by atoms with van der Waals surface area (Å²) in [6.45, 7) is 2.56. The number of hydrogen-bond donors (Lipinski definition) is 1. The normalized spacial score (nSPS) is 41.5. The first-order valence-electron chi connectivity index (χ1n) is 8.40. The van der Waals surface area contributed by atoms with Gasteiger partial charge >= 0.3 is 0 Å². The Morgan fingerprint density at radius 2 is 1.95 bits per heavy atom. The molecule has 2 heterocycles. The van der Waals surface area contributed by atoms with E-state index in [9.17, 15) is 0 Å². The summed E-state index contributed by atoms with van der Waals surface area (Å²) in [5.41, 5.74) is 0. The van der Waals surface area contributed by atoms with Gasteiger partial charge in [-0.05, 0) is 64.5 Å². The molecule has 2 aliphatic heterocycles. The predicted octanol–water partition coefficient (Wildman–Crippen LogP) is 2.55. The summed E-state index contributed by atoms with van der Waals surface area (Å²) in [6.07, 6.45) is 12.8. The molecule has 0 aromatic carbocycles. The Bertz CT molecular complexity index is 278. The smallest absolute Gasteiger partial charge is 0.0586 e. The van der Waals surface area contributed by atoms with Crippen LogP contribution in [0.15, 0.2) is 0 Å². The van der Waals surface area contributed by atoms with Crippen molar-refractivity contribution in [3.05, 3.63) is 0 Å². The van der Waals surface area contributed by atoms with Crippen LogP contribution in [0.2, 0.25) is 0 Å². The highest BCUT2D eigenvalue weighted by molar-refractivity contribution is 4.94. The molecule has 0 bridgehead atoms. The Kier molecular flexibility index (Phi) is 4.78. The van der Waals surface area contributed by atoms with Crippen LogP contribution in [0.1, 0.15) is 57.8 Å². The van der Waals surface area contributed by atoms with Crippen molar-refractivity contribution in [3.63, 3.8) is 0 Å². The topological polar surface area (TPSA) is 24.5 Å². The molecule has 3 heteroatoms. The van der Waals surface area contributed by atoms with Crippen molar-refractivity contribution < 1.29 is 4.74 Å². The first-order chi connectivity index (χ1) is 9.38. The minimum absolute atomic E-state index is 0.512. The third kappa shape index (κ3) is 3.14. The van der Waals surface area contributed by atoms with Crippen LogP contribution in [0.3, 0.4) is 0 Å². The molecule has 0 amide bonds. The van der Waals surface area contributed by atoms with Gasteiger partial charge in [0.15, 0.2) is 0 Å². The molecule has 3 nitrogen and oxygen atoms in total. The number of rotatable bonds is 3. The summed E-state index contributed by atoms with van der Waals surface area (Å²) in [6, 6.07) is 2.35. The molecule has 3 rings (SSSR count). The molecule has 2 saturated heterocycles. The third-order valence-corrected chi connectivity index (χ3v) is 5.56. The second kappa shape index (κ2) is 6.55. The molecular weight excluding hydrogens is 236 g/mol. The van der Waals surface area contributed by atoms with Gasteiger partial charge in [0.05, 0.1) is 6.10 Å². The molecule has 0 radical (unpaired) electrons. The van der Waals surface area contributed by atoms with Crippen LogP contribution in [0.4, 0.5) is 0 Å². The molecular formula is C16H30N2O. The van der Waals surface area contributed by atoms with Crippen molar-refractivity contribution in [3.8, 4) is 0 Å². The number of ether oxygens (including phenoxy) is 1. The van der Waals surface area contributed by atoms with Gasteiger partial charge in [0.2, 0.25) is 0 Å². The van der Waals surface area contributed by atoms with Gasteiger partial charge in [-0.2, -0.15) is 0 Å². The van der Waals surface area contributed by atoms with E-state index in [0.29, 0.717) is 6.10 Å². The average molecular weight is 266 g/mol. The second-order valence-corrected chi connectivity index (χ2v) is 6.68. The lowest BCUT2D eigenvalue weighted by atomic mass is 9.86. The maximum absolute atomic E-state index is 5.63. The molecule has 3 aliphatic rings. The monoisotopic (exact) mass is 266 g/mol. The minimum Gasteiger partial charge on any atom is -0.381 e. The Labute approximate surface area is 118 Å². The number of piperidine rings is 1. The van der Waals surface area contributed by atoms with Crippen molar-refractivity contribution in [1.29, 1.82) is 0 Å². The highest BCUT2D eigenvalue weighted by Gasteiger charge is 2.37. The van der Waals surface area contributed by atoms with Gasteiger partial charge in [0, 0.05) is 25.2 Å². The van der Waals surface area contributed by atoms with Gasteiger partial charge in [-0.25, -0.2) is 0 Å². The molecule has 110 valence electrons. The second-order valence-electron chi connectivity index (χ2n) is 6.68. The van der Waals surface area contributed by atoms with E-state index in [-0.39, 0.29) is 0 Å². The van der Waals surface area contributed by atoms with E-state index in [4.69, 9.17) is 4.74 Å². The third-order valence-electron chi connectivity index (χ3n) is 5.56. The fourth-order valence-electron chi connectivity index (χ4n) is 4.54. The number of nitrogens with zero attached hydrogens (tertiary/aromatic N) is 1. The van der Waals surface area contributed by atoms with Crippen LogP contribution in [0, 0.1) is 0 Å². The van der Waals surface area contributed by atoms with Crippen LogP contribution in [0.25, 0.3) is 0 Å².